The van der Waals surface area contributed by atoms with E-state index in [0.29, 0.717) is 0 Å². The SMILES string of the molecule is Cc1cccc(CNCC2CC2)c1. The van der Waals surface area contributed by atoms with E-state index in [4.69, 9.17) is 0 Å². The van der Waals surface area contributed by atoms with Crippen LogP contribution >= 0.6 is 0 Å². The van der Waals surface area contributed by atoms with Crippen LogP contribution in [0.3, 0.4) is 0 Å². The van der Waals surface area contributed by atoms with Crippen LogP contribution in [-0.4, -0.2) is 6.54 Å². The zero-order chi connectivity index (χ0) is 9.10. The third kappa shape index (κ3) is 2.85. The Morgan fingerprint density at radius 2 is 2.23 bits per heavy atom. The molecular weight excluding hydrogens is 158 g/mol. The van der Waals surface area contributed by atoms with Gasteiger partial charge < -0.3 is 5.32 Å². The van der Waals surface area contributed by atoms with Crippen molar-refractivity contribution in [1.82, 2.24) is 5.32 Å². The second-order valence-corrected chi connectivity index (χ2v) is 4.06. The molecule has 0 bridgehead atoms. The zero-order valence-electron chi connectivity index (χ0n) is 8.22. The van der Waals surface area contributed by atoms with Gasteiger partial charge in [0.15, 0.2) is 0 Å². The van der Waals surface area contributed by atoms with Crippen LogP contribution in [0.25, 0.3) is 0 Å². The van der Waals surface area contributed by atoms with Gasteiger partial charge in [-0.2, -0.15) is 0 Å². The van der Waals surface area contributed by atoms with Crippen molar-refractivity contribution in [3.63, 3.8) is 0 Å². The first-order valence-corrected chi connectivity index (χ1v) is 5.11. The summed E-state index contributed by atoms with van der Waals surface area (Å²) in [4.78, 5) is 0. The lowest BCUT2D eigenvalue weighted by Gasteiger charge is -2.04. The van der Waals surface area contributed by atoms with Crippen LogP contribution < -0.4 is 5.32 Å². The molecule has 0 atom stereocenters. The van der Waals surface area contributed by atoms with Gasteiger partial charge in [0.05, 0.1) is 0 Å². The van der Waals surface area contributed by atoms with Crippen molar-refractivity contribution in [3.8, 4) is 0 Å². The van der Waals surface area contributed by atoms with Gasteiger partial charge in [0.1, 0.15) is 0 Å². The Balaban J connectivity index is 1.79. The number of rotatable bonds is 4. The van der Waals surface area contributed by atoms with Gasteiger partial charge in [-0.15, -0.1) is 0 Å². The first kappa shape index (κ1) is 8.76. The fourth-order valence-corrected chi connectivity index (χ4v) is 1.56. The van der Waals surface area contributed by atoms with E-state index in [2.05, 4.69) is 36.5 Å². The molecule has 0 saturated heterocycles. The fourth-order valence-electron chi connectivity index (χ4n) is 1.56. The van der Waals surface area contributed by atoms with Crippen LogP contribution in [0.1, 0.15) is 24.0 Å². The summed E-state index contributed by atoms with van der Waals surface area (Å²) in [5.74, 6) is 0.977. The molecule has 1 aliphatic carbocycles. The maximum Gasteiger partial charge on any atom is 0.0205 e. The van der Waals surface area contributed by atoms with E-state index >= 15 is 0 Å². The number of aryl methyl sites for hydroxylation is 1. The molecule has 1 nitrogen and oxygen atoms in total. The molecule has 1 aromatic rings. The highest BCUT2D eigenvalue weighted by Gasteiger charge is 2.19. The minimum absolute atomic E-state index is 0.977. The summed E-state index contributed by atoms with van der Waals surface area (Å²) in [7, 11) is 0. The summed E-state index contributed by atoms with van der Waals surface area (Å²) >= 11 is 0. The van der Waals surface area contributed by atoms with E-state index in [1.807, 2.05) is 0 Å². The molecule has 1 N–H and O–H groups in total. The molecule has 1 aromatic carbocycles. The molecule has 1 saturated carbocycles. The lowest BCUT2D eigenvalue weighted by Crippen LogP contribution is -2.15. The normalized spacial score (nSPS) is 16.1. The quantitative estimate of drug-likeness (QED) is 0.741. The number of hydrogen-bond acceptors (Lipinski definition) is 1. The summed E-state index contributed by atoms with van der Waals surface area (Å²) in [6.07, 6.45) is 2.86. The average molecular weight is 175 g/mol. The molecule has 13 heavy (non-hydrogen) atoms. The van der Waals surface area contributed by atoms with Crippen molar-refractivity contribution in [2.45, 2.75) is 26.3 Å². The van der Waals surface area contributed by atoms with E-state index in [1.165, 1.54) is 30.5 Å². The second kappa shape index (κ2) is 3.93. The Bertz CT molecular complexity index is 276. The lowest BCUT2D eigenvalue weighted by molar-refractivity contribution is 0.638. The van der Waals surface area contributed by atoms with Crippen LogP contribution in [0.15, 0.2) is 24.3 Å². The Hall–Kier alpha value is -0.820. The molecule has 70 valence electrons. The molecule has 0 aliphatic heterocycles. The van der Waals surface area contributed by atoms with E-state index in [0.717, 1.165) is 12.5 Å². The van der Waals surface area contributed by atoms with Crippen LogP contribution in [0, 0.1) is 12.8 Å². The Kier molecular flexibility index (Phi) is 2.65. The van der Waals surface area contributed by atoms with Crippen molar-refractivity contribution in [3.05, 3.63) is 35.4 Å². The third-order valence-electron chi connectivity index (χ3n) is 2.54. The molecule has 2 rings (SSSR count). The maximum atomic E-state index is 3.49. The molecule has 1 fully saturated rings. The molecule has 0 aromatic heterocycles. The molecule has 0 amide bonds. The second-order valence-electron chi connectivity index (χ2n) is 4.06. The Morgan fingerprint density at radius 3 is 2.92 bits per heavy atom. The average Bonchev–Trinajstić information content (AvgIpc) is 2.88. The maximum absolute atomic E-state index is 3.49. The first-order valence-electron chi connectivity index (χ1n) is 5.11. The highest BCUT2D eigenvalue weighted by molar-refractivity contribution is 5.21. The van der Waals surface area contributed by atoms with E-state index in [9.17, 15) is 0 Å². The smallest absolute Gasteiger partial charge is 0.0205 e. The minimum Gasteiger partial charge on any atom is -0.312 e. The van der Waals surface area contributed by atoms with Gasteiger partial charge >= 0.3 is 0 Å². The summed E-state index contributed by atoms with van der Waals surface area (Å²) < 4.78 is 0. The number of nitrogens with one attached hydrogen (secondary N) is 1. The first-order chi connectivity index (χ1) is 6.34. The molecule has 0 heterocycles. The van der Waals surface area contributed by atoms with Crippen LogP contribution in [-0.2, 0) is 6.54 Å². The highest BCUT2D eigenvalue weighted by Crippen LogP contribution is 2.27. The zero-order valence-corrected chi connectivity index (χ0v) is 8.22. The van der Waals surface area contributed by atoms with E-state index in [-0.39, 0.29) is 0 Å². The predicted octanol–water partition coefficient (Wildman–Crippen LogP) is 2.49. The standard InChI is InChI=1S/C12H17N/c1-10-3-2-4-12(7-10)9-13-8-11-5-6-11/h2-4,7,11,13H,5-6,8-9H2,1H3. The van der Waals surface area contributed by atoms with Gasteiger partial charge in [0.2, 0.25) is 0 Å². The summed E-state index contributed by atoms with van der Waals surface area (Å²) in [5.41, 5.74) is 2.76. The topological polar surface area (TPSA) is 12.0 Å². The van der Waals surface area contributed by atoms with E-state index < -0.39 is 0 Å². The van der Waals surface area contributed by atoms with Gasteiger partial charge in [0.25, 0.3) is 0 Å². The van der Waals surface area contributed by atoms with Crippen LogP contribution in [0.4, 0.5) is 0 Å². The van der Waals surface area contributed by atoms with Crippen molar-refractivity contribution < 1.29 is 0 Å². The van der Waals surface area contributed by atoms with Crippen LogP contribution in [0.5, 0.6) is 0 Å². The van der Waals surface area contributed by atoms with Gasteiger partial charge in [-0.3, -0.25) is 0 Å². The summed E-state index contributed by atoms with van der Waals surface area (Å²) in [6.45, 7) is 4.37. The van der Waals surface area contributed by atoms with Crippen molar-refractivity contribution in [1.29, 1.82) is 0 Å². The lowest BCUT2D eigenvalue weighted by atomic mass is 10.1. The number of hydrogen-bond donors (Lipinski definition) is 1. The molecule has 0 unspecified atom stereocenters. The Morgan fingerprint density at radius 1 is 1.38 bits per heavy atom. The molecular formula is C12H17N. The summed E-state index contributed by atoms with van der Waals surface area (Å²) in [5, 5.41) is 3.49. The van der Waals surface area contributed by atoms with Gasteiger partial charge in [-0.05, 0) is 37.8 Å². The van der Waals surface area contributed by atoms with Gasteiger partial charge in [0, 0.05) is 6.54 Å². The van der Waals surface area contributed by atoms with Gasteiger partial charge in [-0.1, -0.05) is 29.8 Å². The van der Waals surface area contributed by atoms with E-state index in [1.54, 1.807) is 0 Å². The van der Waals surface area contributed by atoms with Crippen molar-refractivity contribution >= 4 is 0 Å². The highest BCUT2D eigenvalue weighted by atomic mass is 14.9. The van der Waals surface area contributed by atoms with Crippen molar-refractivity contribution in [2.24, 2.45) is 5.92 Å². The summed E-state index contributed by atoms with van der Waals surface area (Å²) in [6, 6.07) is 8.71. The molecule has 0 spiro atoms. The predicted molar refractivity (Wildman–Crippen MR) is 55.6 cm³/mol. The van der Waals surface area contributed by atoms with Crippen LogP contribution in [0.2, 0.25) is 0 Å². The molecule has 1 aliphatic rings. The Labute approximate surface area is 80.2 Å². The van der Waals surface area contributed by atoms with Crippen molar-refractivity contribution in [2.75, 3.05) is 6.54 Å². The largest absolute Gasteiger partial charge is 0.312 e. The fraction of sp³-hybridized carbons (Fsp3) is 0.500. The third-order valence-corrected chi connectivity index (χ3v) is 2.54. The minimum atomic E-state index is 0.977. The molecule has 1 heteroatoms. The molecule has 0 radical (unpaired) electrons. The van der Waals surface area contributed by atoms with Gasteiger partial charge in [-0.25, -0.2) is 0 Å². The monoisotopic (exact) mass is 175 g/mol. The number of benzene rings is 1.